The van der Waals surface area contributed by atoms with E-state index in [1.165, 1.54) is 25.3 Å². The molecular formula is C11H11F3N2O. The van der Waals surface area contributed by atoms with Gasteiger partial charge in [-0.15, -0.1) is 0 Å². The summed E-state index contributed by atoms with van der Waals surface area (Å²) in [6.45, 7) is 0.777. The molecule has 1 rings (SSSR count). The number of rotatable bonds is 3. The SMILES string of the molecule is COc1ccccc1NC(C)(C#N)C(F)(F)F. The van der Waals surface area contributed by atoms with Gasteiger partial charge in [-0.1, -0.05) is 12.1 Å². The lowest BCUT2D eigenvalue weighted by molar-refractivity contribution is -0.158. The van der Waals surface area contributed by atoms with Crippen LogP contribution in [0.3, 0.4) is 0 Å². The van der Waals surface area contributed by atoms with Crippen LogP contribution in [0.15, 0.2) is 24.3 Å². The van der Waals surface area contributed by atoms with Gasteiger partial charge in [0, 0.05) is 0 Å². The third-order valence-electron chi connectivity index (χ3n) is 2.28. The van der Waals surface area contributed by atoms with Crippen molar-refractivity contribution in [1.82, 2.24) is 0 Å². The van der Waals surface area contributed by atoms with Gasteiger partial charge in [0.15, 0.2) is 0 Å². The van der Waals surface area contributed by atoms with Crippen LogP contribution in [0.4, 0.5) is 18.9 Å². The van der Waals surface area contributed by atoms with E-state index in [1.54, 1.807) is 12.1 Å². The molecule has 0 spiro atoms. The summed E-state index contributed by atoms with van der Waals surface area (Å²) < 4.78 is 43.0. The average molecular weight is 244 g/mol. The van der Waals surface area contributed by atoms with Crippen molar-refractivity contribution >= 4 is 5.69 Å². The topological polar surface area (TPSA) is 45.0 Å². The lowest BCUT2D eigenvalue weighted by atomic mass is 10.0. The molecule has 6 heteroatoms. The van der Waals surface area contributed by atoms with Crippen molar-refractivity contribution in [3.8, 4) is 11.8 Å². The van der Waals surface area contributed by atoms with Gasteiger partial charge in [0.25, 0.3) is 0 Å². The van der Waals surface area contributed by atoms with Crippen LogP contribution in [-0.2, 0) is 0 Å². The number of alkyl halides is 3. The Morgan fingerprint density at radius 3 is 2.35 bits per heavy atom. The Balaban J connectivity index is 3.09. The minimum atomic E-state index is -4.68. The molecule has 0 heterocycles. The van der Waals surface area contributed by atoms with Gasteiger partial charge in [-0.3, -0.25) is 0 Å². The smallest absolute Gasteiger partial charge is 0.424 e. The largest absolute Gasteiger partial charge is 0.495 e. The first-order chi connectivity index (χ1) is 7.84. The van der Waals surface area contributed by atoms with Crippen molar-refractivity contribution in [2.45, 2.75) is 18.6 Å². The molecule has 1 N–H and O–H groups in total. The van der Waals surface area contributed by atoms with E-state index >= 15 is 0 Å². The molecule has 0 aliphatic carbocycles. The van der Waals surface area contributed by atoms with Crippen molar-refractivity contribution < 1.29 is 17.9 Å². The van der Waals surface area contributed by atoms with Crippen molar-refractivity contribution in [2.24, 2.45) is 0 Å². The van der Waals surface area contributed by atoms with Crippen molar-refractivity contribution in [3.05, 3.63) is 24.3 Å². The molecule has 0 aliphatic heterocycles. The van der Waals surface area contributed by atoms with E-state index in [-0.39, 0.29) is 11.4 Å². The van der Waals surface area contributed by atoms with Crippen LogP contribution < -0.4 is 10.1 Å². The Bertz CT molecular complexity index is 439. The molecule has 1 aromatic rings. The second-order valence-corrected chi connectivity index (χ2v) is 3.56. The van der Waals surface area contributed by atoms with E-state index in [1.807, 2.05) is 0 Å². The lowest BCUT2D eigenvalue weighted by Crippen LogP contribution is -2.48. The minimum absolute atomic E-state index is 0.122. The Labute approximate surface area is 96.8 Å². The second-order valence-electron chi connectivity index (χ2n) is 3.56. The maximum atomic E-state index is 12.7. The molecule has 0 radical (unpaired) electrons. The van der Waals surface area contributed by atoms with E-state index in [0.29, 0.717) is 0 Å². The number of anilines is 1. The van der Waals surface area contributed by atoms with Gasteiger partial charge in [-0.2, -0.15) is 18.4 Å². The molecule has 0 amide bonds. The molecule has 3 nitrogen and oxygen atoms in total. The molecule has 17 heavy (non-hydrogen) atoms. The van der Waals surface area contributed by atoms with Gasteiger partial charge >= 0.3 is 6.18 Å². The van der Waals surface area contributed by atoms with E-state index in [0.717, 1.165) is 6.92 Å². The quantitative estimate of drug-likeness (QED) is 0.889. The number of benzene rings is 1. The van der Waals surface area contributed by atoms with Crippen LogP contribution in [0, 0.1) is 11.3 Å². The van der Waals surface area contributed by atoms with E-state index in [9.17, 15) is 13.2 Å². The molecule has 1 unspecified atom stereocenters. The molecule has 0 saturated carbocycles. The number of nitriles is 1. The first kappa shape index (κ1) is 13.2. The predicted octanol–water partition coefficient (Wildman–Crippen LogP) is 2.95. The Morgan fingerprint density at radius 1 is 1.29 bits per heavy atom. The Hall–Kier alpha value is -1.90. The summed E-state index contributed by atoms with van der Waals surface area (Å²) in [7, 11) is 1.35. The predicted molar refractivity (Wildman–Crippen MR) is 56.7 cm³/mol. The summed E-state index contributed by atoms with van der Waals surface area (Å²) >= 11 is 0. The number of ether oxygens (including phenoxy) is 1. The third kappa shape index (κ3) is 2.61. The standard InChI is InChI=1S/C11H11F3N2O/c1-10(7-15,11(12,13)14)16-8-5-3-4-6-9(8)17-2/h3-6,16H,1-2H3. The van der Waals surface area contributed by atoms with Crippen molar-refractivity contribution in [2.75, 3.05) is 12.4 Å². The maximum Gasteiger partial charge on any atom is 0.424 e. The van der Waals surface area contributed by atoms with E-state index in [2.05, 4.69) is 5.32 Å². The van der Waals surface area contributed by atoms with Crippen LogP contribution in [0.1, 0.15) is 6.92 Å². The zero-order chi connectivity index (χ0) is 13.1. The second kappa shape index (κ2) is 4.53. The van der Waals surface area contributed by atoms with Crippen molar-refractivity contribution in [3.63, 3.8) is 0 Å². The highest BCUT2D eigenvalue weighted by molar-refractivity contribution is 5.59. The zero-order valence-electron chi connectivity index (χ0n) is 9.30. The monoisotopic (exact) mass is 244 g/mol. The first-order valence-electron chi connectivity index (χ1n) is 4.73. The summed E-state index contributed by atoms with van der Waals surface area (Å²) in [5.41, 5.74) is -2.53. The van der Waals surface area contributed by atoms with Crippen LogP contribution in [0.25, 0.3) is 0 Å². The Morgan fingerprint density at radius 2 is 1.88 bits per heavy atom. The van der Waals surface area contributed by atoms with Crippen LogP contribution >= 0.6 is 0 Å². The fraction of sp³-hybridized carbons (Fsp3) is 0.364. The summed E-state index contributed by atoms with van der Waals surface area (Å²) in [5.74, 6) is 0.248. The van der Waals surface area contributed by atoms with Crippen LogP contribution in [-0.4, -0.2) is 18.8 Å². The average Bonchev–Trinajstić information content (AvgIpc) is 2.28. The Kier molecular flexibility index (Phi) is 3.51. The molecule has 0 aliphatic rings. The molecular weight excluding hydrogens is 233 g/mol. The fourth-order valence-corrected chi connectivity index (χ4v) is 1.18. The molecule has 92 valence electrons. The summed E-state index contributed by atoms with van der Waals surface area (Å²) in [5, 5.41) is 10.8. The highest BCUT2D eigenvalue weighted by Gasteiger charge is 2.52. The number of hydrogen-bond acceptors (Lipinski definition) is 3. The fourth-order valence-electron chi connectivity index (χ4n) is 1.18. The maximum absolute atomic E-state index is 12.7. The van der Waals surface area contributed by atoms with E-state index in [4.69, 9.17) is 10.00 Å². The highest BCUT2D eigenvalue weighted by atomic mass is 19.4. The van der Waals surface area contributed by atoms with Gasteiger partial charge < -0.3 is 10.1 Å². The molecule has 0 saturated heterocycles. The van der Waals surface area contributed by atoms with Gasteiger partial charge in [0.1, 0.15) is 11.8 Å². The lowest BCUT2D eigenvalue weighted by Gasteiger charge is -2.27. The number of hydrogen-bond donors (Lipinski definition) is 1. The molecule has 1 atom stereocenters. The number of halogens is 3. The third-order valence-corrected chi connectivity index (χ3v) is 2.28. The molecule has 0 bridgehead atoms. The number of nitrogens with zero attached hydrogens (tertiary/aromatic N) is 1. The summed E-state index contributed by atoms with van der Waals surface area (Å²) in [6.07, 6.45) is -4.68. The van der Waals surface area contributed by atoms with Crippen molar-refractivity contribution in [1.29, 1.82) is 5.26 Å². The first-order valence-corrected chi connectivity index (χ1v) is 4.73. The van der Waals surface area contributed by atoms with Crippen LogP contribution in [0.5, 0.6) is 5.75 Å². The van der Waals surface area contributed by atoms with Gasteiger partial charge in [-0.05, 0) is 19.1 Å². The summed E-state index contributed by atoms with van der Waals surface area (Å²) in [4.78, 5) is 0. The normalized spacial score (nSPS) is 14.6. The summed E-state index contributed by atoms with van der Waals surface area (Å²) in [6, 6.07) is 7.33. The van der Waals surface area contributed by atoms with Gasteiger partial charge in [0.05, 0.1) is 12.8 Å². The number of para-hydroxylation sites is 2. The molecule has 0 fully saturated rings. The molecule has 1 aromatic carbocycles. The van der Waals surface area contributed by atoms with Gasteiger partial charge in [0.2, 0.25) is 5.54 Å². The molecule has 0 aromatic heterocycles. The minimum Gasteiger partial charge on any atom is -0.495 e. The zero-order valence-corrected chi connectivity index (χ0v) is 9.30. The van der Waals surface area contributed by atoms with E-state index < -0.39 is 11.7 Å². The van der Waals surface area contributed by atoms with Crippen LogP contribution in [0.2, 0.25) is 0 Å². The highest BCUT2D eigenvalue weighted by Crippen LogP contribution is 2.35. The van der Waals surface area contributed by atoms with Gasteiger partial charge in [-0.25, -0.2) is 0 Å². The number of methoxy groups -OCH3 is 1. The number of nitrogens with one attached hydrogen (secondary N) is 1.